The Bertz CT molecular complexity index is 2050. The Labute approximate surface area is 334 Å². The van der Waals surface area contributed by atoms with Gasteiger partial charge in [-0.25, -0.2) is 0 Å². The third-order valence-corrected chi connectivity index (χ3v) is 10.0. The van der Waals surface area contributed by atoms with Gasteiger partial charge in [-0.3, -0.25) is 0 Å². The molecular formula is C43H52N6O8. The minimum Gasteiger partial charge on any atom is -0.493 e. The first-order chi connectivity index (χ1) is 27.8. The summed E-state index contributed by atoms with van der Waals surface area (Å²) in [5.74, 6) is 6.84. The molecule has 0 saturated heterocycles. The number of aromatic nitrogens is 3. The second-order valence-corrected chi connectivity index (χ2v) is 13.3. The van der Waals surface area contributed by atoms with Crippen molar-refractivity contribution in [3.05, 3.63) is 94.5 Å². The molecule has 1 atom stereocenters. The van der Waals surface area contributed by atoms with Gasteiger partial charge in [0, 0.05) is 19.6 Å². The van der Waals surface area contributed by atoms with Gasteiger partial charge in [0.1, 0.15) is 0 Å². The number of fused-ring (bicyclic) bond motifs is 1. The van der Waals surface area contributed by atoms with Crippen LogP contribution in [0, 0.1) is 0 Å². The Kier molecular flexibility index (Phi) is 13.5. The van der Waals surface area contributed by atoms with E-state index in [-0.39, 0.29) is 6.04 Å². The summed E-state index contributed by atoms with van der Waals surface area (Å²) in [5.41, 5.74) is 5.48. The Balaban J connectivity index is 1.34. The summed E-state index contributed by atoms with van der Waals surface area (Å²) in [6.45, 7) is 1.79. The third-order valence-electron chi connectivity index (χ3n) is 10.0. The van der Waals surface area contributed by atoms with E-state index in [4.69, 9.17) is 52.8 Å². The SMILES string of the molecule is COc1ccc(CCNc2nc(NCCc3ccc(OC)c(OC)c3)nc(N3CCc4cc(OC)c(OC)cc4C3Cc3ccc(OC)c(OC)c3)n2)cc1OC. The van der Waals surface area contributed by atoms with Crippen molar-refractivity contribution in [3.63, 3.8) is 0 Å². The minimum atomic E-state index is -0.173. The van der Waals surface area contributed by atoms with Gasteiger partial charge in [-0.15, -0.1) is 0 Å². The summed E-state index contributed by atoms with van der Waals surface area (Å²) < 4.78 is 44.6. The highest BCUT2D eigenvalue weighted by molar-refractivity contribution is 5.56. The zero-order chi connectivity index (χ0) is 40.3. The molecule has 1 aromatic heterocycles. The number of rotatable bonds is 19. The normalized spacial score (nSPS) is 13.3. The zero-order valence-corrected chi connectivity index (χ0v) is 33.9. The number of hydrogen-bond acceptors (Lipinski definition) is 14. The number of benzene rings is 4. The van der Waals surface area contributed by atoms with Crippen LogP contribution in [-0.4, -0.2) is 91.5 Å². The van der Waals surface area contributed by atoms with E-state index >= 15 is 0 Å². The van der Waals surface area contributed by atoms with Gasteiger partial charge in [0.15, 0.2) is 46.0 Å². The number of hydrogen-bond donors (Lipinski definition) is 2. The van der Waals surface area contributed by atoms with E-state index in [0.717, 1.165) is 28.7 Å². The lowest BCUT2D eigenvalue weighted by Crippen LogP contribution is -2.38. The van der Waals surface area contributed by atoms with Crippen LogP contribution in [0.25, 0.3) is 0 Å². The maximum absolute atomic E-state index is 5.79. The van der Waals surface area contributed by atoms with Crippen molar-refractivity contribution in [1.29, 1.82) is 0 Å². The Morgan fingerprint density at radius 3 is 1.40 bits per heavy atom. The van der Waals surface area contributed by atoms with Crippen molar-refractivity contribution >= 4 is 17.8 Å². The highest BCUT2D eigenvalue weighted by Gasteiger charge is 2.32. The first kappa shape index (κ1) is 40.4. The average Bonchev–Trinajstić information content (AvgIpc) is 3.25. The Morgan fingerprint density at radius 1 is 0.509 bits per heavy atom. The van der Waals surface area contributed by atoms with Gasteiger partial charge in [-0.2, -0.15) is 15.0 Å². The van der Waals surface area contributed by atoms with Crippen LogP contribution in [0.3, 0.4) is 0 Å². The molecule has 2 N–H and O–H groups in total. The predicted octanol–water partition coefficient (Wildman–Crippen LogP) is 6.60. The maximum Gasteiger partial charge on any atom is 0.232 e. The van der Waals surface area contributed by atoms with E-state index in [0.29, 0.717) is 103 Å². The van der Waals surface area contributed by atoms with Crippen LogP contribution in [0.15, 0.2) is 66.7 Å². The standard InChI is InChI=1S/C43H52N6O8/c1-50-33-12-9-27(22-36(33)53-4)15-18-44-41-46-42(45-19-16-28-10-13-34(51-2)37(23-28)54-5)48-43(47-41)49-20-17-30-25-39(56-7)40(57-8)26-31(30)32(49)21-29-11-14-35(52-3)38(24-29)55-6/h9-14,22-26,32H,15-21H2,1-8H3,(H2,44,45,46,47,48). The molecule has 0 fully saturated rings. The molecule has 1 aliphatic heterocycles. The number of nitrogens with zero attached hydrogens (tertiary/aromatic N) is 4. The van der Waals surface area contributed by atoms with Crippen molar-refractivity contribution in [2.24, 2.45) is 0 Å². The molecule has 0 amide bonds. The van der Waals surface area contributed by atoms with Crippen LogP contribution in [0.2, 0.25) is 0 Å². The van der Waals surface area contributed by atoms with Crippen molar-refractivity contribution in [3.8, 4) is 46.0 Å². The van der Waals surface area contributed by atoms with Crippen molar-refractivity contribution in [2.45, 2.75) is 31.7 Å². The van der Waals surface area contributed by atoms with E-state index in [2.05, 4.69) is 33.7 Å². The quantitative estimate of drug-likeness (QED) is 0.0931. The summed E-state index contributed by atoms with van der Waals surface area (Å²) in [7, 11) is 13.1. The lowest BCUT2D eigenvalue weighted by Gasteiger charge is -2.38. The molecule has 5 aromatic rings. The molecule has 57 heavy (non-hydrogen) atoms. The minimum absolute atomic E-state index is 0.173. The number of anilines is 3. The molecular weight excluding hydrogens is 729 g/mol. The molecule has 2 heterocycles. The van der Waals surface area contributed by atoms with Gasteiger partial charge in [-0.1, -0.05) is 18.2 Å². The van der Waals surface area contributed by atoms with Crippen molar-refractivity contribution < 1.29 is 37.9 Å². The van der Waals surface area contributed by atoms with Crippen LogP contribution in [0.1, 0.15) is 33.9 Å². The molecule has 302 valence electrons. The number of nitrogens with one attached hydrogen (secondary N) is 2. The molecule has 1 aliphatic rings. The van der Waals surface area contributed by atoms with E-state index < -0.39 is 0 Å². The molecule has 14 nitrogen and oxygen atoms in total. The molecule has 14 heteroatoms. The zero-order valence-electron chi connectivity index (χ0n) is 33.9. The molecule has 0 spiro atoms. The van der Waals surface area contributed by atoms with Gasteiger partial charge >= 0.3 is 0 Å². The van der Waals surface area contributed by atoms with E-state index in [1.807, 2.05) is 48.5 Å². The summed E-state index contributed by atoms with van der Waals surface area (Å²) in [6.07, 6.45) is 2.76. The second-order valence-electron chi connectivity index (χ2n) is 13.3. The van der Waals surface area contributed by atoms with Crippen molar-refractivity contribution in [2.75, 3.05) is 92.0 Å². The second kappa shape index (κ2) is 19.0. The van der Waals surface area contributed by atoms with Gasteiger partial charge in [0.25, 0.3) is 0 Å². The fourth-order valence-electron chi connectivity index (χ4n) is 7.08. The van der Waals surface area contributed by atoms with E-state index in [1.54, 1.807) is 56.9 Å². The molecule has 0 bridgehead atoms. The highest BCUT2D eigenvalue weighted by Crippen LogP contribution is 2.42. The predicted molar refractivity (Wildman–Crippen MR) is 220 cm³/mol. The fourth-order valence-corrected chi connectivity index (χ4v) is 7.08. The topological polar surface area (TPSA) is 140 Å². The molecule has 4 aromatic carbocycles. The monoisotopic (exact) mass is 780 g/mol. The summed E-state index contributed by atoms with van der Waals surface area (Å²) in [5, 5.41) is 6.92. The maximum atomic E-state index is 5.79. The largest absolute Gasteiger partial charge is 0.493 e. The van der Waals surface area contributed by atoms with E-state index in [9.17, 15) is 0 Å². The Morgan fingerprint density at radius 2 is 0.930 bits per heavy atom. The number of methoxy groups -OCH3 is 8. The van der Waals surface area contributed by atoms with Crippen LogP contribution in [-0.2, 0) is 25.7 Å². The fraction of sp³-hybridized carbons (Fsp3) is 0.372. The molecule has 0 radical (unpaired) electrons. The van der Waals surface area contributed by atoms with Gasteiger partial charge < -0.3 is 53.4 Å². The van der Waals surface area contributed by atoms with E-state index in [1.165, 1.54) is 5.56 Å². The summed E-state index contributed by atoms with van der Waals surface area (Å²) in [6, 6.07) is 21.8. The van der Waals surface area contributed by atoms with Gasteiger partial charge in [-0.05, 0) is 102 Å². The van der Waals surface area contributed by atoms with Crippen LogP contribution < -0.4 is 53.4 Å². The third kappa shape index (κ3) is 9.39. The van der Waals surface area contributed by atoms with Crippen molar-refractivity contribution in [1.82, 2.24) is 15.0 Å². The molecule has 0 aliphatic carbocycles. The molecule has 0 saturated carbocycles. The van der Waals surface area contributed by atoms with Crippen LogP contribution in [0.4, 0.5) is 17.8 Å². The lowest BCUT2D eigenvalue weighted by atomic mass is 9.88. The lowest BCUT2D eigenvalue weighted by molar-refractivity contribution is 0.352. The molecule has 1 unspecified atom stereocenters. The average molecular weight is 781 g/mol. The van der Waals surface area contributed by atoms with Gasteiger partial charge in [0.05, 0.1) is 62.9 Å². The summed E-state index contributed by atoms with van der Waals surface area (Å²) in [4.78, 5) is 17.1. The Hall–Kier alpha value is -6.31. The van der Waals surface area contributed by atoms with Crippen LogP contribution in [0.5, 0.6) is 46.0 Å². The summed E-state index contributed by atoms with van der Waals surface area (Å²) >= 11 is 0. The first-order valence-corrected chi connectivity index (χ1v) is 18.7. The smallest absolute Gasteiger partial charge is 0.232 e. The first-order valence-electron chi connectivity index (χ1n) is 18.7. The number of ether oxygens (including phenoxy) is 8. The van der Waals surface area contributed by atoms with Gasteiger partial charge in [0.2, 0.25) is 17.8 Å². The highest BCUT2D eigenvalue weighted by atomic mass is 16.5. The molecule has 6 rings (SSSR count). The van der Waals surface area contributed by atoms with Crippen LogP contribution >= 0.6 is 0 Å².